The van der Waals surface area contributed by atoms with Gasteiger partial charge >= 0.3 is 26.3 Å². The molecule has 2 N–H and O–H groups in total. The Morgan fingerprint density at radius 2 is 1.15 bits per heavy atom. The first kappa shape index (κ1) is 19.5. The van der Waals surface area contributed by atoms with Gasteiger partial charge in [0.25, 0.3) is 0 Å². The average Bonchev–Trinajstić information content (AvgIpc) is 2.43. The third kappa shape index (κ3) is 6.99. The van der Waals surface area contributed by atoms with Gasteiger partial charge < -0.3 is 19.0 Å². The lowest BCUT2D eigenvalue weighted by molar-refractivity contribution is 0.262. The molecule has 0 spiro atoms. The summed E-state index contributed by atoms with van der Waals surface area (Å²) in [4.78, 5) is 12.0. The second-order valence-electron chi connectivity index (χ2n) is 5.21. The van der Waals surface area contributed by atoms with Gasteiger partial charge in [-0.15, -0.1) is 0 Å². The zero-order chi connectivity index (χ0) is 19.4. The summed E-state index contributed by atoms with van der Waals surface area (Å²) in [5.41, 5.74) is 0.597. The predicted octanol–water partition coefficient (Wildman–Crippen LogP) is 2.01. The van der Waals surface area contributed by atoms with E-state index in [0.29, 0.717) is 11.4 Å². The van der Waals surface area contributed by atoms with E-state index >= 15 is 0 Å². The van der Waals surface area contributed by atoms with Crippen molar-refractivity contribution in [2.24, 2.45) is 0 Å². The van der Waals surface area contributed by atoms with Gasteiger partial charge in [0.05, 0.1) is 12.5 Å². The van der Waals surface area contributed by atoms with E-state index in [-0.39, 0.29) is 11.5 Å². The Labute approximate surface area is 151 Å². The fraction of sp³-hybridized carbons (Fsp3) is 0.133. The van der Waals surface area contributed by atoms with Crippen molar-refractivity contribution in [3.63, 3.8) is 0 Å². The van der Waals surface area contributed by atoms with Crippen LogP contribution < -0.4 is 19.0 Å². The third-order valence-corrected chi connectivity index (χ3v) is 3.67. The average molecular weight is 400 g/mol. The Morgan fingerprint density at radius 1 is 0.769 bits per heavy atom. The number of benzene rings is 2. The molecule has 0 aliphatic rings. The summed E-state index contributed by atoms with van der Waals surface area (Å²) in [5, 5.41) is 5.00. The summed E-state index contributed by atoms with van der Waals surface area (Å²) in [5.74, 6) is 0.0997. The molecular weight excluding hydrogens is 384 g/mol. The Bertz CT molecular complexity index is 936. The van der Waals surface area contributed by atoms with Gasteiger partial charge in [0.15, 0.2) is 0 Å². The van der Waals surface area contributed by atoms with Gasteiger partial charge in [-0.05, 0) is 24.3 Å². The molecule has 2 amide bonds. The molecule has 0 saturated heterocycles. The highest BCUT2D eigenvalue weighted by Crippen LogP contribution is 2.21. The SMILES string of the molecule is CS(=O)(=O)Oc1cccc(NC(=O)Nc2cccc(OS(C)(=O)=O)c2)c1. The minimum absolute atomic E-state index is 0.0499. The lowest BCUT2D eigenvalue weighted by atomic mass is 10.3. The summed E-state index contributed by atoms with van der Waals surface area (Å²) in [6, 6.07) is 11.0. The standard InChI is InChI=1S/C15H16N2O7S2/c1-25(19,20)23-13-7-3-5-11(9-13)16-15(18)17-12-6-4-8-14(10-12)24-26(2,21)22/h3-10H,1-2H3,(H2,16,17,18). The van der Waals surface area contributed by atoms with Crippen LogP contribution in [0.2, 0.25) is 0 Å². The minimum Gasteiger partial charge on any atom is -0.383 e. The lowest BCUT2D eigenvalue weighted by Crippen LogP contribution is -2.19. The van der Waals surface area contributed by atoms with Crippen LogP contribution in [0.5, 0.6) is 11.5 Å². The molecule has 0 bridgehead atoms. The van der Waals surface area contributed by atoms with Crippen LogP contribution in [0.1, 0.15) is 0 Å². The van der Waals surface area contributed by atoms with Gasteiger partial charge in [0.2, 0.25) is 0 Å². The molecule has 0 aliphatic heterocycles. The van der Waals surface area contributed by atoms with Crippen LogP contribution in [0.4, 0.5) is 16.2 Å². The molecule has 11 heteroatoms. The van der Waals surface area contributed by atoms with Gasteiger partial charge in [0, 0.05) is 23.5 Å². The second-order valence-corrected chi connectivity index (χ2v) is 8.36. The number of urea groups is 1. The fourth-order valence-corrected chi connectivity index (χ4v) is 2.80. The fourth-order valence-electron chi connectivity index (χ4n) is 1.89. The number of rotatable bonds is 6. The van der Waals surface area contributed by atoms with Crippen molar-refractivity contribution in [2.75, 3.05) is 23.1 Å². The van der Waals surface area contributed by atoms with Crippen molar-refractivity contribution in [1.29, 1.82) is 0 Å². The maximum atomic E-state index is 12.0. The molecule has 0 atom stereocenters. The number of nitrogens with one attached hydrogen (secondary N) is 2. The number of hydrogen-bond acceptors (Lipinski definition) is 7. The molecule has 0 heterocycles. The Balaban J connectivity index is 2.05. The predicted molar refractivity (Wildman–Crippen MR) is 96.5 cm³/mol. The molecular formula is C15H16N2O7S2. The van der Waals surface area contributed by atoms with Crippen LogP contribution in [-0.2, 0) is 20.2 Å². The molecule has 26 heavy (non-hydrogen) atoms. The summed E-state index contributed by atoms with van der Waals surface area (Å²) < 4.78 is 54.0. The summed E-state index contributed by atoms with van der Waals surface area (Å²) in [6.07, 6.45) is 1.82. The highest BCUT2D eigenvalue weighted by atomic mass is 32.2. The van der Waals surface area contributed by atoms with Crippen molar-refractivity contribution in [1.82, 2.24) is 0 Å². The van der Waals surface area contributed by atoms with Gasteiger partial charge in [-0.3, -0.25) is 0 Å². The molecule has 2 rings (SSSR count). The first-order valence-corrected chi connectivity index (χ1v) is 10.7. The van der Waals surface area contributed by atoms with Crippen LogP contribution in [-0.4, -0.2) is 35.4 Å². The van der Waals surface area contributed by atoms with E-state index in [0.717, 1.165) is 12.5 Å². The maximum Gasteiger partial charge on any atom is 0.323 e. The van der Waals surface area contributed by atoms with E-state index in [1.165, 1.54) is 48.5 Å². The molecule has 140 valence electrons. The molecule has 2 aromatic rings. The maximum absolute atomic E-state index is 12.0. The van der Waals surface area contributed by atoms with E-state index in [4.69, 9.17) is 8.37 Å². The highest BCUT2D eigenvalue weighted by molar-refractivity contribution is 7.86. The van der Waals surface area contributed by atoms with Crippen LogP contribution in [0, 0.1) is 0 Å². The zero-order valence-electron chi connectivity index (χ0n) is 13.8. The zero-order valence-corrected chi connectivity index (χ0v) is 15.4. The monoisotopic (exact) mass is 400 g/mol. The molecule has 2 aromatic carbocycles. The Hall–Kier alpha value is -2.79. The first-order chi connectivity index (χ1) is 12.0. The molecule has 0 aromatic heterocycles. The normalized spacial score (nSPS) is 11.5. The summed E-state index contributed by atoms with van der Waals surface area (Å²) in [6.45, 7) is 0. The molecule has 0 radical (unpaired) electrons. The summed E-state index contributed by atoms with van der Waals surface area (Å²) in [7, 11) is -7.36. The van der Waals surface area contributed by atoms with E-state index in [1.807, 2.05) is 0 Å². The Kier molecular flexibility index (Phi) is 5.73. The molecule has 0 saturated carbocycles. The molecule has 0 unspecified atom stereocenters. The summed E-state index contributed by atoms with van der Waals surface area (Å²) >= 11 is 0. The van der Waals surface area contributed by atoms with Gasteiger partial charge in [-0.2, -0.15) is 16.8 Å². The second kappa shape index (κ2) is 7.62. The highest BCUT2D eigenvalue weighted by Gasteiger charge is 2.09. The Morgan fingerprint density at radius 3 is 1.50 bits per heavy atom. The van der Waals surface area contributed by atoms with Crippen molar-refractivity contribution in [2.45, 2.75) is 0 Å². The molecule has 0 fully saturated rings. The number of amides is 2. The number of carbonyl (C=O) groups excluding carboxylic acids is 1. The van der Waals surface area contributed by atoms with Crippen LogP contribution >= 0.6 is 0 Å². The van der Waals surface area contributed by atoms with E-state index in [1.54, 1.807) is 0 Å². The minimum atomic E-state index is -3.68. The van der Waals surface area contributed by atoms with Crippen LogP contribution in [0.15, 0.2) is 48.5 Å². The third-order valence-electron chi connectivity index (χ3n) is 2.68. The van der Waals surface area contributed by atoms with Crippen molar-refractivity contribution < 1.29 is 30.0 Å². The van der Waals surface area contributed by atoms with E-state index in [9.17, 15) is 21.6 Å². The van der Waals surface area contributed by atoms with E-state index in [2.05, 4.69) is 10.6 Å². The van der Waals surface area contributed by atoms with Crippen molar-refractivity contribution in [3.8, 4) is 11.5 Å². The topological polar surface area (TPSA) is 128 Å². The first-order valence-electron chi connectivity index (χ1n) is 7.07. The molecule has 9 nitrogen and oxygen atoms in total. The van der Waals surface area contributed by atoms with Gasteiger partial charge in [0.1, 0.15) is 11.5 Å². The molecule has 0 aliphatic carbocycles. The number of anilines is 2. The quantitative estimate of drug-likeness (QED) is 0.710. The van der Waals surface area contributed by atoms with Crippen LogP contribution in [0.3, 0.4) is 0 Å². The number of hydrogen-bond donors (Lipinski definition) is 2. The van der Waals surface area contributed by atoms with Crippen molar-refractivity contribution >= 4 is 37.6 Å². The number of carbonyl (C=O) groups is 1. The largest absolute Gasteiger partial charge is 0.383 e. The van der Waals surface area contributed by atoms with Crippen LogP contribution in [0.25, 0.3) is 0 Å². The van der Waals surface area contributed by atoms with E-state index < -0.39 is 26.3 Å². The van der Waals surface area contributed by atoms with Gasteiger partial charge in [-0.25, -0.2) is 4.79 Å². The lowest BCUT2D eigenvalue weighted by Gasteiger charge is -2.10. The smallest absolute Gasteiger partial charge is 0.323 e. The van der Waals surface area contributed by atoms with Crippen molar-refractivity contribution in [3.05, 3.63) is 48.5 Å². The van der Waals surface area contributed by atoms with Gasteiger partial charge in [-0.1, -0.05) is 12.1 Å².